The molecular formula is C27H47Cl. The molecule has 1 rings (SSSR count). The van der Waals surface area contributed by atoms with Gasteiger partial charge in [-0.05, 0) is 38.2 Å². The molecule has 0 nitrogen and oxygen atoms in total. The molecule has 0 saturated carbocycles. The van der Waals surface area contributed by atoms with Crippen molar-refractivity contribution in [3.05, 3.63) is 35.9 Å². The van der Waals surface area contributed by atoms with E-state index in [1.807, 2.05) is 0 Å². The van der Waals surface area contributed by atoms with E-state index >= 15 is 0 Å². The van der Waals surface area contributed by atoms with Gasteiger partial charge in [0.05, 0.1) is 0 Å². The molecule has 0 spiro atoms. The lowest BCUT2D eigenvalue weighted by atomic mass is 9.84. The molecule has 28 heavy (non-hydrogen) atoms. The van der Waals surface area contributed by atoms with Gasteiger partial charge in [-0.25, -0.2) is 0 Å². The molecule has 0 aromatic heterocycles. The minimum Gasteiger partial charge on any atom is -0.120 e. The Hall–Kier alpha value is -0.490. The molecule has 1 unspecified atom stereocenters. The fourth-order valence-corrected chi connectivity index (χ4v) is 4.36. The van der Waals surface area contributed by atoms with Crippen LogP contribution in [0.2, 0.25) is 0 Å². The zero-order chi connectivity index (χ0) is 20.5. The smallest absolute Gasteiger partial charge is 0.0421 e. The second-order valence-corrected chi connectivity index (χ2v) is 10.3. The van der Waals surface area contributed by atoms with Gasteiger partial charge in [0, 0.05) is 4.87 Å². The predicted octanol–water partition coefficient (Wildman–Crippen LogP) is 9.73. The Morgan fingerprint density at radius 3 is 1.54 bits per heavy atom. The van der Waals surface area contributed by atoms with E-state index in [1.165, 1.54) is 102 Å². The van der Waals surface area contributed by atoms with E-state index in [0.717, 1.165) is 6.42 Å². The molecule has 0 aliphatic rings. The highest BCUT2D eigenvalue weighted by Gasteiger charge is 2.26. The first-order valence-electron chi connectivity index (χ1n) is 12.3. The van der Waals surface area contributed by atoms with E-state index in [2.05, 4.69) is 51.1 Å². The van der Waals surface area contributed by atoms with Gasteiger partial charge in [-0.15, -0.1) is 11.6 Å². The maximum absolute atomic E-state index is 6.71. The van der Waals surface area contributed by atoms with E-state index in [0.29, 0.717) is 5.92 Å². The Labute approximate surface area is 181 Å². The summed E-state index contributed by atoms with van der Waals surface area (Å²) in [5.41, 5.74) is 1.42. The van der Waals surface area contributed by atoms with Crippen molar-refractivity contribution in [1.82, 2.24) is 0 Å². The summed E-state index contributed by atoms with van der Waals surface area (Å²) >= 11 is 6.71. The molecule has 162 valence electrons. The Kier molecular flexibility index (Phi) is 14.9. The molecule has 0 N–H and O–H groups in total. The van der Waals surface area contributed by atoms with Gasteiger partial charge in [0.2, 0.25) is 0 Å². The summed E-state index contributed by atoms with van der Waals surface area (Å²) in [6.07, 6.45) is 22.3. The molecule has 1 aromatic rings. The van der Waals surface area contributed by atoms with Crippen molar-refractivity contribution in [3.63, 3.8) is 0 Å². The summed E-state index contributed by atoms with van der Waals surface area (Å²) in [5.74, 6) is 0.564. The third-order valence-electron chi connectivity index (χ3n) is 6.20. The fraction of sp³-hybridized carbons (Fsp3) is 0.778. The summed E-state index contributed by atoms with van der Waals surface area (Å²) in [7, 11) is 0. The van der Waals surface area contributed by atoms with Crippen LogP contribution in [-0.2, 0) is 6.42 Å². The van der Waals surface area contributed by atoms with Gasteiger partial charge in [0.25, 0.3) is 0 Å². The molecular weight excluding hydrogens is 360 g/mol. The average Bonchev–Trinajstić information content (AvgIpc) is 2.67. The summed E-state index contributed by atoms with van der Waals surface area (Å²) in [4.78, 5) is -0.119. The Balaban J connectivity index is 2.00. The van der Waals surface area contributed by atoms with Crippen LogP contribution in [0.1, 0.15) is 123 Å². The van der Waals surface area contributed by atoms with Gasteiger partial charge < -0.3 is 0 Å². The van der Waals surface area contributed by atoms with Crippen LogP contribution in [0.4, 0.5) is 0 Å². The van der Waals surface area contributed by atoms with E-state index in [1.54, 1.807) is 0 Å². The Bertz CT molecular complexity index is 445. The number of benzene rings is 1. The van der Waals surface area contributed by atoms with Crippen molar-refractivity contribution in [1.29, 1.82) is 0 Å². The lowest BCUT2D eigenvalue weighted by molar-refractivity contribution is 0.367. The first-order chi connectivity index (χ1) is 13.5. The number of rotatable bonds is 18. The molecule has 1 heteroatoms. The summed E-state index contributed by atoms with van der Waals surface area (Å²) in [6.45, 7) is 6.67. The second-order valence-electron chi connectivity index (χ2n) is 9.34. The number of alkyl halides is 1. The first kappa shape index (κ1) is 25.5. The topological polar surface area (TPSA) is 0 Å². The van der Waals surface area contributed by atoms with Crippen molar-refractivity contribution in [2.45, 2.75) is 128 Å². The van der Waals surface area contributed by atoms with Crippen molar-refractivity contribution in [2.24, 2.45) is 5.92 Å². The zero-order valence-electron chi connectivity index (χ0n) is 19.2. The van der Waals surface area contributed by atoms with E-state index in [9.17, 15) is 0 Å². The van der Waals surface area contributed by atoms with Crippen LogP contribution >= 0.6 is 11.6 Å². The van der Waals surface area contributed by atoms with Crippen LogP contribution in [0.25, 0.3) is 0 Å². The number of hydrogen-bond acceptors (Lipinski definition) is 0. The maximum atomic E-state index is 6.71. The lowest BCUT2D eigenvalue weighted by Crippen LogP contribution is -2.26. The van der Waals surface area contributed by atoms with Crippen molar-refractivity contribution < 1.29 is 0 Å². The van der Waals surface area contributed by atoms with Crippen LogP contribution < -0.4 is 0 Å². The van der Waals surface area contributed by atoms with Gasteiger partial charge in [0.1, 0.15) is 0 Å². The van der Waals surface area contributed by atoms with Gasteiger partial charge >= 0.3 is 0 Å². The predicted molar refractivity (Wildman–Crippen MR) is 128 cm³/mol. The molecule has 0 amide bonds. The minimum atomic E-state index is -0.119. The molecule has 0 bridgehead atoms. The fourth-order valence-electron chi connectivity index (χ4n) is 4.17. The highest BCUT2D eigenvalue weighted by atomic mass is 35.5. The van der Waals surface area contributed by atoms with Gasteiger partial charge in [-0.2, -0.15) is 0 Å². The van der Waals surface area contributed by atoms with Gasteiger partial charge in [0.15, 0.2) is 0 Å². The number of unbranched alkanes of at least 4 members (excludes halogenated alkanes) is 13. The van der Waals surface area contributed by atoms with E-state index < -0.39 is 0 Å². The van der Waals surface area contributed by atoms with E-state index in [-0.39, 0.29) is 4.87 Å². The molecule has 1 aromatic carbocycles. The monoisotopic (exact) mass is 406 g/mol. The number of halogens is 1. The lowest BCUT2D eigenvalue weighted by Gasteiger charge is -2.29. The SMILES string of the molecule is CCCCCCCCCCCCCCCCC(Cc1ccccc1)C(C)(C)Cl. The largest absolute Gasteiger partial charge is 0.120 e. The summed E-state index contributed by atoms with van der Waals surface area (Å²) in [6, 6.07) is 10.8. The normalized spacial score (nSPS) is 13.0. The molecule has 1 atom stereocenters. The quantitative estimate of drug-likeness (QED) is 0.168. The third kappa shape index (κ3) is 13.6. The van der Waals surface area contributed by atoms with Crippen LogP contribution in [0.5, 0.6) is 0 Å². The standard InChI is InChI=1S/C27H47Cl/c1-4-5-6-7-8-9-10-11-12-13-14-15-16-20-23-26(27(2,3)28)24-25-21-18-17-19-22-25/h17-19,21-22,26H,4-16,20,23-24H2,1-3H3. The van der Waals surface area contributed by atoms with Crippen molar-refractivity contribution in [3.8, 4) is 0 Å². The Morgan fingerprint density at radius 2 is 1.11 bits per heavy atom. The molecule has 0 heterocycles. The molecule has 0 fully saturated rings. The van der Waals surface area contributed by atoms with Crippen LogP contribution in [0.15, 0.2) is 30.3 Å². The van der Waals surface area contributed by atoms with Crippen LogP contribution in [0.3, 0.4) is 0 Å². The molecule has 0 saturated heterocycles. The van der Waals surface area contributed by atoms with E-state index in [4.69, 9.17) is 11.6 Å². The van der Waals surface area contributed by atoms with Crippen LogP contribution in [0, 0.1) is 5.92 Å². The van der Waals surface area contributed by atoms with Crippen LogP contribution in [-0.4, -0.2) is 4.87 Å². The molecule has 0 aliphatic heterocycles. The van der Waals surface area contributed by atoms with Gasteiger partial charge in [-0.1, -0.05) is 127 Å². The highest BCUT2D eigenvalue weighted by molar-refractivity contribution is 6.23. The molecule has 0 aliphatic carbocycles. The maximum Gasteiger partial charge on any atom is 0.0421 e. The molecule has 0 radical (unpaired) electrons. The van der Waals surface area contributed by atoms with Crippen molar-refractivity contribution >= 4 is 11.6 Å². The third-order valence-corrected chi connectivity index (χ3v) is 6.51. The Morgan fingerprint density at radius 1 is 0.679 bits per heavy atom. The average molecular weight is 407 g/mol. The summed E-state index contributed by atoms with van der Waals surface area (Å²) < 4.78 is 0. The zero-order valence-corrected chi connectivity index (χ0v) is 19.9. The van der Waals surface area contributed by atoms with Gasteiger partial charge in [-0.3, -0.25) is 0 Å². The highest BCUT2D eigenvalue weighted by Crippen LogP contribution is 2.32. The minimum absolute atomic E-state index is 0.119. The first-order valence-corrected chi connectivity index (χ1v) is 12.6. The second kappa shape index (κ2) is 16.3. The number of hydrogen-bond donors (Lipinski definition) is 0. The van der Waals surface area contributed by atoms with Crippen molar-refractivity contribution in [2.75, 3.05) is 0 Å². The summed E-state index contributed by atoms with van der Waals surface area (Å²) in [5, 5.41) is 0.